The molecule has 0 saturated heterocycles. The molecule has 2 rings (SSSR count). The maximum absolute atomic E-state index is 13.4. The van der Waals surface area contributed by atoms with Gasteiger partial charge in [0, 0.05) is 6.54 Å². The largest absolute Gasteiger partial charge is 0.296 e. The van der Waals surface area contributed by atoms with Crippen molar-refractivity contribution >= 4 is 5.78 Å². The molecule has 0 N–H and O–H groups in total. The van der Waals surface area contributed by atoms with E-state index in [1.54, 1.807) is 0 Å². The highest BCUT2D eigenvalue weighted by Crippen LogP contribution is 2.29. The second kappa shape index (κ2) is 5.57. The first-order valence-corrected chi connectivity index (χ1v) is 6.30. The lowest BCUT2D eigenvalue weighted by molar-refractivity contribution is 0.0926. The van der Waals surface area contributed by atoms with E-state index in [0.29, 0.717) is 5.92 Å². The van der Waals surface area contributed by atoms with E-state index in [2.05, 4.69) is 0 Å². The fraction of sp³-hybridized carbons (Fsp3) is 0.500. The molecular weight excluding hydrogens is 236 g/mol. The molecule has 0 unspecified atom stereocenters. The Kier molecular flexibility index (Phi) is 4.07. The predicted molar refractivity (Wildman–Crippen MR) is 65.5 cm³/mol. The van der Waals surface area contributed by atoms with Gasteiger partial charge < -0.3 is 0 Å². The number of benzene rings is 1. The molecule has 1 aliphatic rings. The van der Waals surface area contributed by atoms with E-state index in [1.807, 2.05) is 11.8 Å². The summed E-state index contributed by atoms with van der Waals surface area (Å²) >= 11 is 0. The first-order chi connectivity index (χ1) is 8.60. The maximum Gasteiger partial charge on any atom is 0.179 e. The van der Waals surface area contributed by atoms with Gasteiger partial charge in [0.1, 0.15) is 11.6 Å². The van der Waals surface area contributed by atoms with Crippen LogP contribution < -0.4 is 0 Å². The zero-order valence-electron chi connectivity index (χ0n) is 10.5. The van der Waals surface area contributed by atoms with E-state index in [9.17, 15) is 13.6 Å². The summed E-state index contributed by atoms with van der Waals surface area (Å²) in [6, 6.07) is 3.00. The van der Waals surface area contributed by atoms with Crippen LogP contribution in [0, 0.1) is 17.6 Å². The van der Waals surface area contributed by atoms with Crippen LogP contribution in [0.25, 0.3) is 0 Å². The van der Waals surface area contributed by atoms with Gasteiger partial charge in [-0.3, -0.25) is 9.69 Å². The van der Waals surface area contributed by atoms with Gasteiger partial charge in [-0.1, -0.05) is 6.92 Å². The molecule has 0 heterocycles. The first kappa shape index (κ1) is 13.1. The van der Waals surface area contributed by atoms with Crippen LogP contribution in [-0.2, 0) is 0 Å². The number of Topliss-reactive ketones (excluding diaryl/α,β-unsaturated/α-hetero) is 1. The number of likely N-dealkylation sites (N-methyl/N-ethyl adjacent to an activating group) is 1. The Morgan fingerprint density at radius 2 is 2.11 bits per heavy atom. The van der Waals surface area contributed by atoms with Crippen molar-refractivity contribution in [1.82, 2.24) is 4.90 Å². The summed E-state index contributed by atoms with van der Waals surface area (Å²) in [5.41, 5.74) is -0.149. The summed E-state index contributed by atoms with van der Waals surface area (Å²) in [5.74, 6) is -0.904. The molecule has 2 nitrogen and oxygen atoms in total. The number of ketones is 1. The minimum Gasteiger partial charge on any atom is -0.296 e. The van der Waals surface area contributed by atoms with Crippen molar-refractivity contribution in [2.24, 2.45) is 5.92 Å². The Hall–Kier alpha value is -1.29. The highest BCUT2D eigenvalue weighted by atomic mass is 19.1. The van der Waals surface area contributed by atoms with Crippen molar-refractivity contribution in [2.45, 2.75) is 19.8 Å². The van der Waals surface area contributed by atoms with Gasteiger partial charge in [-0.25, -0.2) is 8.78 Å². The predicted octanol–water partition coefficient (Wildman–Crippen LogP) is 2.88. The lowest BCUT2D eigenvalue weighted by Crippen LogP contribution is -2.32. The standard InChI is InChI=1S/C14H17F2NO/c1-2-17(8-10-3-4-10)9-14(18)12-7-11(15)5-6-13(12)16/h5-7,10H,2-4,8-9H2,1H3. The average molecular weight is 253 g/mol. The minimum atomic E-state index is -0.649. The van der Waals surface area contributed by atoms with E-state index >= 15 is 0 Å². The smallest absolute Gasteiger partial charge is 0.179 e. The Bertz CT molecular complexity index is 443. The molecule has 98 valence electrons. The summed E-state index contributed by atoms with van der Waals surface area (Å²) < 4.78 is 26.5. The molecule has 0 spiro atoms. The van der Waals surface area contributed by atoms with Crippen molar-refractivity contribution in [3.63, 3.8) is 0 Å². The fourth-order valence-electron chi connectivity index (χ4n) is 1.97. The van der Waals surface area contributed by atoms with Crippen molar-refractivity contribution in [3.8, 4) is 0 Å². The number of nitrogens with zero attached hydrogens (tertiary/aromatic N) is 1. The number of hydrogen-bond acceptors (Lipinski definition) is 2. The molecule has 0 aromatic heterocycles. The third-order valence-corrected chi connectivity index (χ3v) is 3.26. The Morgan fingerprint density at radius 3 is 2.72 bits per heavy atom. The van der Waals surface area contributed by atoms with Crippen molar-refractivity contribution in [3.05, 3.63) is 35.4 Å². The normalized spacial score (nSPS) is 15.1. The van der Waals surface area contributed by atoms with Crippen LogP contribution in [0.4, 0.5) is 8.78 Å². The SMILES string of the molecule is CCN(CC(=O)c1cc(F)ccc1F)CC1CC1. The monoisotopic (exact) mass is 253 g/mol. The third-order valence-electron chi connectivity index (χ3n) is 3.26. The molecule has 0 amide bonds. The maximum atomic E-state index is 13.4. The van der Waals surface area contributed by atoms with Crippen LogP contribution in [-0.4, -0.2) is 30.3 Å². The summed E-state index contributed by atoms with van der Waals surface area (Å²) in [4.78, 5) is 13.9. The van der Waals surface area contributed by atoms with Crippen LogP contribution in [0.15, 0.2) is 18.2 Å². The molecule has 1 aromatic carbocycles. The lowest BCUT2D eigenvalue weighted by Gasteiger charge is -2.19. The second-order valence-electron chi connectivity index (χ2n) is 4.82. The second-order valence-corrected chi connectivity index (χ2v) is 4.82. The minimum absolute atomic E-state index is 0.149. The van der Waals surface area contributed by atoms with Crippen LogP contribution in [0.3, 0.4) is 0 Å². The van der Waals surface area contributed by atoms with Crippen LogP contribution in [0.2, 0.25) is 0 Å². The summed E-state index contributed by atoms with van der Waals surface area (Å²) in [6.07, 6.45) is 2.41. The highest BCUT2D eigenvalue weighted by molar-refractivity contribution is 5.97. The molecule has 0 radical (unpaired) electrons. The number of hydrogen-bond donors (Lipinski definition) is 0. The zero-order valence-corrected chi connectivity index (χ0v) is 10.5. The van der Waals surface area contributed by atoms with Gasteiger partial charge in [-0.05, 0) is 43.5 Å². The lowest BCUT2D eigenvalue weighted by atomic mass is 10.1. The Morgan fingerprint density at radius 1 is 1.39 bits per heavy atom. The summed E-state index contributed by atoms with van der Waals surface area (Å²) in [7, 11) is 0. The summed E-state index contributed by atoms with van der Waals surface area (Å²) in [5, 5.41) is 0. The zero-order chi connectivity index (χ0) is 13.1. The Labute approximate surface area is 106 Å². The van der Waals surface area contributed by atoms with E-state index in [0.717, 1.165) is 31.3 Å². The molecule has 1 aromatic rings. The average Bonchev–Trinajstić information content (AvgIpc) is 3.15. The van der Waals surface area contributed by atoms with E-state index in [4.69, 9.17) is 0 Å². The van der Waals surface area contributed by atoms with Gasteiger partial charge >= 0.3 is 0 Å². The van der Waals surface area contributed by atoms with Crippen LogP contribution in [0.5, 0.6) is 0 Å². The van der Waals surface area contributed by atoms with Crippen molar-refractivity contribution in [1.29, 1.82) is 0 Å². The molecule has 0 aliphatic heterocycles. The van der Waals surface area contributed by atoms with Gasteiger partial charge in [-0.2, -0.15) is 0 Å². The number of rotatable bonds is 6. The Balaban J connectivity index is 2.02. The molecule has 4 heteroatoms. The van der Waals surface area contributed by atoms with Crippen LogP contribution in [0.1, 0.15) is 30.1 Å². The van der Waals surface area contributed by atoms with Gasteiger partial charge in [0.2, 0.25) is 0 Å². The topological polar surface area (TPSA) is 20.3 Å². The van der Waals surface area contributed by atoms with E-state index in [1.165, 1.54) is 12.8 Å². The molecule has 1 aliphatic carbocycles. The van der Waals surface area contributed by atoms with Crippen molar-refractivity contribution in [2.75, 3.05) is 19.6 Å². The van der Waals surface area contributed by atoms with Gasteiger partial charge in [0.05, 0.1) is 12.1 Å². The number of halogens is 2. The van der Waals surface area contributed by atoms with E-state index < -0.39 is 11.6 Å². The number of carbonyl (C=O) groups excluding carboxylic acids is 1. The molecule has 0 bridgehead atoms. The van der Waals surface area contributed by atoms with E-state index in [-0.39, 0.29) is 17.9 Å². The van der Waals surface area contributed by atoms with Gasteiger partial charge in [0.25, 0.3) is 0 Å². The molecule has 1 saturated carbocycles. The van der Waals surface area contributed by atoms with Gasteiger partial charge in [-0.15, -0.1) is 0 Å². The highest BCUT2D eigenvalue weighted by Gasteiger charge is 2.25. The van der Waals surface area contributed by atoms with Gasteiger partial charge in [0.15, 0.2) is 5.78 Å². The molecular formula is C14H17F2NO. The molecule has 1 fully saturated rings. The third kappa shape index (κ3) is 3.35. The summed E-state index contributed by atoms with van der Waals surface area (Å²) in [6.45, 7) is 3.75. The fourth-order valence-corrected chi connectivity index (χ4v) is 1.97. The number of carbonyl (C=O) groups is 1. The first-order valence-electron chi connectivity index (χ1n) is 6.30. The quantitative estimate of drug-likeness (QED) is 0.727. The molecule has 18 heavy (non-hydrogen) atoms. The van der Waals surface area contributed by atoms with Crippen LogP contribution >= 0.6 is 0 Å². The molecule has 0 atom stereocenters. The van der Waals surface area contributed by atoms with Crippen molar-refractivity contribution < 1.29 is 13.6 Å².